The van der Waals surface area contributed by atoms with E-state index in [1.165, 1.54) is 0 Å². The molecule has 18 heavy (non-hydrogen) atoms. The van der Waals surface area contributed by atoms with E-state index < -0.39 is 5.60 Å². The van der Waals surface area contributed by atoms with Gasteiger partial charge >= 0.3 is 0 Å². The predicted octanol–water partition coefficient (Wildman–Crippen LogP) is 2.53. The number of hydrogen-bond acceptors (Lipinski definition) is 3. The lowest BCUT2D eigenvalue weighted by molar-refractivity contribution is -0.147. The molecule has 1 aromatic rings. The third kappa shape index (κ3) is 5.19. The van der Waals surface area contributed by atoms with Crippen molar-refractivity contribution < 1.29 is 14.4 Å². The molecule has 0 saturated carbocycles. The van der Waals surface area contributed by atoms with Crippen LogP contribution in [-0.4, -0.2) is 18.1 Å². The van der Waals surface area contributed by atoms with Crippen LogP contribution in [0.3, 0.4) is 0 Å². The van der Waals surface area contributed by atoms with Crippen LogP contribution < -0.4 is 10.2 Å². The van der Waals surface area contributed by atoms with Gasteiger partial charge in [-0.05, 0) is 51.8 Å². The Hall–Kier alpha value is -1.55. The van der Waals surface area contributed by atoms with Crippen LogP contribution in [0.1, 0.15) is 31.9 Å². The third-order valence-corrected chi connectivity index (χ3v) is 2.17. The molecule has 0 aliphatic heterocycles. The second-order valence-corrected chi connectivity index (χ2v) is 5.30. The normalized spacial score (nSPS) is 11.2. The summed E-state index contributed by atoms with van der Waals surface area (Å²) >= 11 is 0. The van der Waals surface area contributed by atoms with Gasteiger partial charge in [0.25, 0.3) is 5.91 Å². The van der Waals surface area contributed by atoms with Crippen molar-refractivity contribution in [1.82, 2.24) is 5.48 Å². The molecule has 0 saturated heterocycles. The molecule has 0 unspecified atom stereocenters. The number of hydrogen-bond donors (Lipinski definition) is 1. The molecule has 4 nitrogen and oxygen atoms in total. The summed E-state index contributed by atoms with van der Waals surface area (Å²) in [5.74, 6) is 0.423. The van der Waals surface area contributed by atoms with Gasteiger partial charge < -0.3 is 4.74 Å². The summed E-state index contributed by atoms with van der Waals surface area (Å²) in [4.78, 5) is 16.7. The van der Waals surface area contributed by atoms with E-state index in [1.807, 2.05) is 52.8 Å². The Morgan fingerprint density at radius 1 is 1.28 bits per heavy atom. The predicted molar refractivity (Wildman–Crippen MR) is 70.4 cm³/mol. The Morgan fingerprint density at radius 2 is 1.94 bits per heavy atom. The first kappa shape index (κ1) is 14.5. The smallest absolute Gasteiger partial charge is 0.281 e. The summed E-state index contributed by atoms with van der Waals surface area (Å²) in [6.45, 7) is 9.45. The molecule has 0 atom stereocenters. The van der Waals surface area contributed by atoms with Crippen molar-refractivity contribution in [2.24, 2.45) is 0 Å². The van der Waals surface area contributed by atoms with Crippen LogP contribution in [0.15, 0.2) is 18.2 Å². The zero-order chi connectivity index (χ0) is 13.8. The number of hydroxylamine groups is 1. The fourth-order valence-electron chi connectivity index (χ4n) is 1.25. The first-order chi connectivity index (χ1) is 8.28. The summed E-state index contributed by atoms with van der Waals surface area (Å²) in [5.41, 5.74) is 4.06. The van der Waals surface area contributed by atoms with Crippen molar-refractivity contribution >= 4 is 5.91 Å². The molecule has 100 valence electrons. The number of ether oxygens (including phenoxy) is 1. The van der Waals surface area contributed by atoms with Crippen LogP contribution in [0.4, 0.5) is 0 Å². The molecule has 1 rings (SSSR count). The molecule has 0 radical (unpaired) electrons. The topological polar surface area (TPSA) is 47.6 Å². The van der Waals surface area contributed by atoms with Crippen molar-refractivity contribution in [2.45, 2.75) is 40.2 Å². The van der Waals surface area contributed by atoms with E-state index in [1.54, 1.807) is 0 Å². The first-order valence-corrected chi connectivity index (χ1v) is 5.95. The summed E-state index contributed by atoms with van der Waals surface area (Å²) in [5, 5.41) is 0. The standard InChI is InChI=1S/C14H21NO3/c1-10-6-7-11(2)12(8-10)17-9-13(16)15-18-14(3,4)5/h6-8H,9H2,1-5H3,(H,15,16). The minimum atomic E-state index is -0.408. The van der Waals surface area contributed by atoms with E-state index in [2.05, 4.69) is 5.48 Å². The molecule has 1 amide bonds. The highest BCUT2D eigenvalue weighted by Crippen LogP contribution is 2.18. The van der Waals surface area contributed by atoms with E-state index >= 15 is 0 Å². The van der Waals surface area contributed by atoms with Gasteiger partial charge in [0.2, 0.25) is 0 Å². The minimum absolute atomic E-state index is 0.0552. The van der Waals surface area contributed by atoms with E-state index in [0.29, 0.717) is 0 Å². The maximum atomic E-state index is 11.5. The first-order valence-electron chi connectivity index (χ1n) is 5.95. The number of carbonyl (C=O) groups is 1. The average molecular weight is 251 g/mol. The lowest BCUT2D eigenvalue weighted by atomic mass is 10.1. The van der Waals surface area contributed by atoms with E-state index in [-0.39, 0.29) is 12.5 Å². The van der Waals surface area contributed by atoms with Crippen LogP contribution in [0.2, 0.25) is 0 Å². The van der Waals surface area contributed by atoms with Gasteiger partial charge in [-0.2, -0.15) is 0 Å². The highest BCUT2D eigenvalue weighted by Gasteiger charge is 2.13. The van der Waals surface area contributed by atoms with Crippen LogP contribution in [0.5, 0.6) is 5.75 Å². The van der Waals surface area contributed by atoms with Gasteiger partial charge in [0.15, 0.2) is 6.61 Å². The van der Waals surface area contributed by atoms with Crippen molar-refractivity contribution in [3.8, 4) is 5.75 Å². The van der Waals surface area contributed by atoms with Crippen LogP contribution in [0.25, 0.3) is 0 Å². The van der Waals surface area contributed by atoms with Gasteiger partial charge in [0.05, 0.1) is 5.60 Å². The summed E-state index contributed by atoms with van der Waals surface area (Å²) in [7, 11) is 0. The van der Waals surface area contributed by atoms with Gasteiger partial charge in [-0.3, -0.25) is 9.63 Å². The fraction of sp³-hybridized carbons (Fsp3) is 0.500. The molecule has 1 aromatic carbocycles. The molecule has 0 bridgehead atoms. The molecule has 1 N–H and O–H groups in total. The van der Waals surface area contributed by atoms with Crippen molar-refractivity contribution in [3.05, 3.63) is 29.3 Å². The Bertz CT molecular complexity index is 422. The lowest BCUT2D eigenvalue weighted by Crippen LogP contribution is -2.36. The number of nitrogens with one attached hydrogen (secondary N) is 1. The monoisotopic (exact) mass is 251 g/mol. The zero-order valence-corrected chi connectivity index (χ0v) is 11.7. The highest BCUT2D eigenvalue weighted by atomic mass is 16.7. The van der Waals surface area contributed by atoms with Crippen molar-refractivity contribution in [1.29, 1.82) is 0 Å². The zero-order valence-electron chi connectivity index (χ0n) is 11.7. The van der Waals surface area contributed by atoms with E-state index in [4.69, 9.17) is 9.57 Å². The van der Waals surface area contributed by atoms with E-state index in [9.17, 15) is 4.79 Å². The van der Waals surface area contributed by atoms with Gasteiger partial charge in [-0.25, -0.2) is 5.48 Å². The molecule has 0 fully saturated rings. The number of aryl methyl sites for hydroxylation is 2. The molecule has 4 heteroatoms. The SMILES string of the molecule is Cc1ccc(C)c(OCC(=O)NOC(C)(C)C)c1. The van der Waals surface area contributed by atoms with Crippen LogP contribution in [0, 0.1) is 13.8 Å². The van der Waals surface area contributed by atoms with Crippen molar-refractivity contribution in [2.75, 3.05) is 6.61 Å². The molecule has 0 heterocycles. The molecular weight excluding hydrogens is 230 g/mol. The molecule has 0 spiro atoms. The fourth-order valence-corrected chi connectivity index (χ4v) is 1.25. The second-order valence-electron chi connectivity index (χ2n) is 5.30. The molecule has 0 aliphatic carbocycles. The van der Waals surface area contributed by atoms with Crippen LogP contribution in [-0.2, 0) is 9.63 Å². The minimum Gasteiger partial charge on any atom is -0.483 e. The second kappa shape index (κ2) is 5.87. The van der Waals surface area contributed by atoms with Gasteiger partial charge in [-0.1, -0.05) is 12.1 Å². The van der Waals surface area contributed by atoms with E-state index in [0.717, 1.165) is 16.9 Å². The molecule has 0 aliphatic rings. The largest absolute Gasteiger partial charge is 0.483 e. The number of rotatable bonds is 4. The maximum Gasteiger partial charge on any atom is 0.281 e. The quantitative estimate of drug-likeness (QED) is 0.836. The Labute approximate surface area is 108 Å². The van der Waals surface area contributed by atoms with Gasteiger partial charge in [0, 0.05) is 0 Å². The number of amides is 1. The lowest BCUT2D eigenvalue weighted by Gasteiger charge is -2.19. The van der Waals surface area contributed by atoms with Gasteiger partial charge in [0.1, 0.15) is 5.75 Å². The number of benzene rings is 1. The highest BCUT2D eigenvalue weighted by molar-refractivity contribution is 5.76. The summed E-state index contributed by atoms with van der Waals surface area (Å²) in [6, 6.07) is 5.88. The average Bonchev–Trinajstić information content (AvgIpc) is 2.26. The third-order valence-electron chi connectivity index (χ3n) is 2.17. The summed E-state index contributed by atoms with van der Waals surface area (Å²) < 4.78 is 5.45. The summed E-state index contributed by atoms with van der Waals surface area (Å²) in [6.07, 6.45) is 0. The Balaban J connectivity index is 2.45. The maximum absolute atomic E-state index is 11.5. The Kier molecular flexibility index (Phi) is 4.73. The number of carbonyl (C=O) groups excluding carboxylic acids is 1. The molecule has 0 aromatic heterocycles. The van der Waals surface area contributed by atoms with Gasteiger partial charge in [-0.15, -0.1) is 0 Å². The Morgan fingerprint density at radius 3 is 2.56 bits per heavy atom. The van der Waals surface area contributed by atoms with Crippen molar-refractivity contribution in [3.63, 3.8) is 0 Å². The molecular formula is C14H21NO3. The van der Waals surface area contributed by atoms with Crippen LogP contribution >= 0.6 is 0 Å².